The van der Waals surface area contributed by atoms with Crippen molar-refractivity contribution in [2.45, 2.75) is 26.2 Å². The van der Waals surface area contributed by atoms with Crippen molar-refractivity contribution in [2.24, 2.45) is 0 Å². The molecule has 0 bridgehead atoms. The van der Waals surface area contributed by atoms with E-state index in [0.717, 1.165) is 6.07 Å². The van der Waals surface area contributed by atoms with Crippen LogP contribution in [0.1, 0.15) is 40.1 Å². The molecule has 0 atom stereocenters. The van der Waals surface area contributed by atoms with Crippen molar-refractivity contribution < 1.29 is 18.0 Å². The van der Waals surface area contributed by atoms with Crippen LogP contribution < -0.4 is 0 Å². The first-order chi connectivity index (χ1) is 16.6. The van der Waals surface area contributed by atoms with E-state index in [0.29, 0.717) is 37.8 Å². The Morgan fingerprint density at radius 2 is 1.74 bits per heavy atom. The topological polar surface area (TPSA) is 54.3 Å². The van der Waals surface area contributed by atoms with E-state index < -0.39 is 23.1 Å². The van der Waals surface area contributed by atoms with Gasteiger partial charge in [0.05, 0.1) is 34.9 Å². The summed E-state index contributed by atoms with van der Waals surface area (Å²) in [5.74, 6) is -0.00214. The number of hydrogen-bond acceptors (Lipinski definition) is 5. The normalized spacial score (nSPS) is 11.9. The van der Waals surface area contributed by atoms with Crippen molar-refractivity contribution in [3.63, 3.8) is 0 Å². The van der Waals surface area contributed by atoms with E-state index in [-0.39, 0.29) is 16.3 Å². The molecule has 6 nitrogen and oxygen atoms in total. The van der Waals surface area contributed by atoms with Crippen LogP contribution in [-0.4, -0.2) is 57.5 Å². The minimum atomic E-state index is -4.77. The van der Waals surface area contributed by atoms with E-state index in [1.807, 2.05) is 30.8 Å². The first-order valence-corrected chi connectivity index (χ1v) is 11.4. The van der Waals surface area contributed by atoms with Gasteiger partial charge in [-0.15, -0.1) is 16.8 Å². The number of ketones is 1. The fraction of sp³-hybridized carbons (Fsp3) is 0.320. The molecular formula is C25H27ClF3N5O. The van der Waals surface area contributed by atoms with Crippen LogP contribution in [0.25, 0.3) is 5.69 Å². The minimum absolute atomic E-state index is 0.0160. The van der Waals surface area contributed by atoms with Crippen LogP contribution >= 0.6 is 11.6 Å². The van der Waals surface area contributed by atoms with E-state index in [1.165, 1.54) is 24.3 Å². The summed E-state index contributed by atoms with van der Waals surface area (Å²) in [7, 11) is 3.63. The van der Waals surface area contributed by atoms with Gasteiger partial charge >= 0.3 is 6.18 Å². The Bertz CT molecular complexity index is 1210. The summed E-state index contributed by atoms with van der Waals surface area (Å²) in [6.07, 6.45) is -3.03. The summed E-state index contributed by atoms with van der Waals surface area (Å²) < 4.78 is 44.1. The zero-order chi connectivity index (χ0) is 25.8. The number of halogens is 4. The first-order valence-electron chi connectivity index (χ1n) is 11.0. The number of nitrogens with zero attached hydrogens (tertiary/aromatic N) is 5. The van der Waals surface area contributed by atoms with Crippen molar-refractivity contribution >= 4 is 17.4 Å². The minimum Gasteiger partial charge on any atom is -0.302 e. The summed E-state index contributed by atoms with van der Waals surface area (Å²) in [6.45, 7) is 7.54. The molecule has 3 aromatic rings. The fourth-order valence-electron chi connectivity index (χ4n) is 3.79. The fourth-order valence-corrected chi connectivity index (χ4v) is 4.01. The molecule has 2 aromatic carbocycles. The number of aromatic nitrogens is 3. The highest BCUT2D eigenvalue weighted by Gasteiger charge is 2.38. The van der Waals surface area contributed by atoms with Gasteiger partial charge in [-0.1, -0.05) is 42.8 Å². The van der Waals surface area contributed by atoms with Gasteiger partial charge in [0.1, 0.15) is 0 Å². The lowest BCUT2D eigenvalue weighted by atomic mass is 9.95. The van der Waals surface area contributed by atoms with Crippen molar-refractivity contribution in [3.8, 4) is 5.69 Å². The van der Waals surface area contributed by atoms with Crippen LogP contribution in [0, 0.1) is 0 Å². The van der Waals surface area contributed by atoms with Gasteiger partial charge < -0.3 is 4.90 Å². The van der Waals surface area contributed by atoms with Crippen molar-refractivity contribution in [1.29, 1.82) is 0 Å². The van der Waals surface area contributed by atoms with Gasteiger partial charge in [-0.05, 0) is 44.9 Å². The Morgan fingerprint density at radius 1 is 1.09 bits per heavy atom. The molecule has 35 heavy (non-hydrogen) atoms. The Hall–Kier alpha value is -3.01. The lowest BCUT2D eigenvalue weighted by Crippen LogP contribution is -2.26. The second-order valence-electron chi connectivity index (χ2n) is 8.23. The van der Waals surface area contributed by atoms with Crippen LogP contribution in [0.2, 0.25) is 5.02 Å². The Kier molecular flexibility index (Phi) is 8.47. The van der Waals surface area contributed by atoms with E-state index in [2.05, 4.69) is 16.8 Å². The van der Waals surface area contributed by atoms with Gasteiger partial charge in [-0.3, -0.25) is 14.3 Å². The zero-order valence-electron chi connectivity index (χ0n) is 19.8. The number of benzene rings is 2. The highest BCUT2D eigenvalue weighted by atomic mass is 35.5. The molecule has 0 fully saturated rings. The van der Waals surface area contributed by atoms with Gasteiger partial charge in [0.15, 0.2) is 17.4 Å². The molecule has 0 aliphatic carbocycles. The lowest BCUT2D eigenvalue weighted by molar-refractivity contribution is -0.137. The Labute approximate surface area is 207 Å². The maximum Gasteiger partial charge on any atom is 0.417 e. The van der Waals surface area contributed by atoms with Gasteiger partial charge in [0.25, 0.3) is 0 Å². The molecule has 3 rings (SSSR count). The highest BCUT2D eigenvalue weighted by molar-refractivity contribution is 6.35. The van der Waals surface area contributed by atoms with Crippen LogP contribution in [0.4, 0.5) is 13.2 Å². The van der Waals surface area contributed by atoms with Crippen LogP contribution in [0.5, 0.6) is 0 Å². The van der Waals surface area contributed by atoms with Crippen molar-refractivity contribution in [1.82, 2.24) is 24.6 Å². The number of carbonyl (C=O) groups is 1. The molecule has 0 radical (unpaired) electrons. The molecule has 0 aliphatic heterocycles. The van der Waals surface area contributed by atoms with Crippen LogP contribution in [0.3, 0.4) is 0 Å². The second-order valence-corrected chi connectivity index (χ2v) is 8.64. The highest BCUT2D eigenvalue weighted by Crippen LogP contribution is 2.37. The zero-order valence-corrected chi connectivity index (χ0v) is 20.6. The van der Waals surface area contributed by atoms with Crippen LogP contribution in [0.15, 0.2) is 55.1 Å². The number of carbonyl (C=O) groups excluding carboxylic acids is 1. The molecule has 0 N–H and O–H groups in total. The molecule has 0 saturated heterocycles. The third-order valence-corrected chi connectivity index (χ3v) is 5.72. The first kappa shape index (κ1) is 26.6. The molecule has 1 aromatic heterocycles. The van der Waals surface area contributed by atoms with E-state index >= 15 is 0 Å². The maximum absolute atomic E-state index is 14.2. The molecule has 0 spiro atoms. The van der Waals surface area contributed by atoms with Gasteiger partial charge in [0.2, 0.25) is 0 Å². The maximum atomic E-state index is 14.2. The monoisotopic (exact) mass is 505 g/mol. The van der Waals surface area contributed by atoms with E-state index in [9.17, 15) is 18.0 Å². The largest absolute Gasteiger partial charge is 0.417 e. The van der Waals surface area contributed by atoms with Crippen molar-refractivity contribution in [2.75, 3.05) is 27.2 Å². The molecule has 0 amide bonds. The average molecular weight is 506 g/mol. The lowest BCUT2D eigenvalue weighted by Gasteiger charge is -2.22. The molecule has 10 heteroatoms. The Balaban J connectivity index is 2.32. The molecule has 0 saturated carbocycles. The van der Waals surface area contributed by atoms with Gasteiger partial charge in [-0.25, -0.2) is 0 Å². The number of hydrogen-bond donors (Lipinski definition) is 0. The Morgan fingerprint density at radius 3 is 2.31 bits per heavy atom. The third-order valence-electron chi connectivity index (χ3n) is 5.39. The van der Waals surface area contributed by atoms with Crippen LogP contribution in [-0.2, 0) is 19.3 Å². The number of likely N-dealkylation sites (N-methyl/N-ethyl adjacent to an activating group) is 1. The molecule has 0 aliphatic rings. The smallest absolute Gasteiger partial charge is 0.302 e. The molecule has 1 heterocycles. The summed E-state index contributed by atoms with van der Waals surface area (Å²) in [5.41, 5.74) is -1.51. The molecule has 186 valence electrons. The van der Waals surface area contributed by atoms with Crippen molar-refractivity contribution in [3.05, 3.63) is 88.5 Å². The third kappa shape index (κ3) is 5.98. The standard InChI is InChI=1S/C25H27ClF3N5O/c1-5-14-33(6-2)16-22-31-30-21(15-32(3)4)34(22)20-13-9-11-18(25(27,28)29)23(20)24(35)17-10-7-8-12-19(17)26/h5,7-13H,1,6,14-16H2,2-4H3. The molecular weight excluding hydrogens is 479 g/mol. The summed E-state index contributed by atoms with van der Waals surface area (Å²) in [5, 5.41) is 8.62. The summed E-state index contributed by atoms with van der Waals surface area (Å²) in [4.78, 5) is 17.4. The summed E-state index contributed by atoms with van der Waals surface area (Å²) >= 11 is 6.21. The second kappa shape index (κ2) is 11.2. The average Bonchev–Trinajstić information content (AvgIpc) is 3.18. The quantitative estimate of drug-likeness (QED) is 0.278. The predicted octanol–water partition coefficient (Wildman–Crippen LogP) is 5.24. The predicted molar refractivity (Wildman–Crippen MR) is 130 cm³/mol. The van der Waals surface area contributed by atoms with Gasteiger partial charge in [0, 0.05) is 12.1 Å². The number of rotatable bonds is 10. The van der Waals surface area contributed by atoms with E-state index in [1.54, 1.807) is 22.8 Å². The van der Waals surface area contributed by atoms with E-state index in [4.69, 9.17) is 11.6 Å². The number of alkyl halides is 3. The molecule has 0 unspecified atom stereocenters. The SMILES string of the molecule is C=CCN(CC)Cc1nnc(CN(C)C)n1-c1cccc(C(F)(F)F)c1C(=O)c1ccccc1Cl. The summed E-state index contributed by atoms with van der Waals surface area (Å²) in [6, 6.07) is 9.73. The van der Waals surface area contributed by atoms with Gasteiger partial charge in [-0.2, -0.15) is 13.2 Å².